The Bertz CT molecular complexity index is 1380. The molecule has 4 amide bonds. The second kappa shape index (κ2) is 9.44. The maximum absolute atomic E-state index is 12.8. The SMILES string of the molecule is CNC(=O)NC[C@H]1O[C@@H](n2cnc3c(NC(=O)Nc4ccccc4)ncnc32)[C@@]2(O)C(=O)OC(=O)C[C@H]12. The van der Waals surface area contributed by atoms with Crippen molar-refractivity contribution >= 4 is 46.7 Å². The molecule has 2 aromatic heterocycles. The standard InChI is InChI=1S/C22H22N8O7/c1-23-20(33)24-8-13-12-7-14(31)37-19(32)22(12,35)18(36-13)30-10-27-15-16(25-9-26-17(15)30)29-21(34)28-11-5-3-2-4-6-11/h2-6,9-10,12-13,18,35H,7-8H2,1H3,(H2,23,24,33)(H2,25,26,28,29,34)/t12-,13-,18-,22-/m1/s1. The predicted molar refractivity (Wildman–Crippen MR) is 125 cm³/mol. The average molecular weight is 510 g/mol. The first-order valence-electron chi connectivity index (χ1n) is 11.2. The summed E-state index contributed by atoms with van der Waals surface area (Å²) in [6.45, 7) is -0.0994. The maximum Gasteiger partial charge on any atom is 0.351 e. The Morgan fingerprint density at radius 1 is 1.14 bits per heavy atom. The number of urea groups is 2. The number of hydrogen-bond donors (Lipinski definition) is 5. The molecule has 4 heterocycles. The molecule has 5 N–H and O–H groups in total. The van der Waals surface area contributed by atoms with Crippen LogP contribution in [0.5, 0.6) is 0 Å². The number of hydrogen-bond acceptors (Lipinski definition) is 10. The second-order valence-corrected chi connectivity index (χ2v) is 8.38. The number of nitrogens with zero attached hydrogens (tertiary/aromatic N) is 4. The lowest BCUT2D eigenvalue weighted by Gasteiger charge is -2.34. The highest BCUT2D eigenvalue weighted by Crippen LogP contribution is 2.48. The molecular formula is C22H22N8O7. The van der Waals surface area contributed by atoms with Crippen LogP contribution >= 0.6 is 0 Å². The number of amides is 4. The summed E-state index contributed by atoms with van der Waals surface area (Å²) in [6.07, 6.45) is -0.203. The van der Waals surface area contributed by atoms with E-state index in [0.29, 0.717) is 5.69 Å². The van der Waals surface area contributed by atoms with Crippen LogP contribution in [0.15, 0.2) is 43.0 Å². The molecule has 0 radical (unpaired) electrons. The van der Waals surface area contributed by atoms with Crippen molar-refractivity contribution in [1.29, 1.82) is 0 Å². The molecule has 37 heavy (non-hydrogen) atoms. The zero-order chi connectivity index (χ0) is 26.2. The molecule has 4 atom stereocenters. The van der Waals surface area contributed by atoms with Gasteiger partial charge in [-0.2, -0.15) is 0 Å². The lowest BCUT2D eigenvalue weighted by molar-refractivity contribution is -0.195. The number of carbonyl (C=O) groups is 4. The van der Waals surface area contributed by atoms with E-state index in [2.05, 4.69) is 36.2 Å². The van der Waals surface area contributed by atoms with Gasteiger partial charge < -0.3 is 30.5 Å². The van der Waals surface area contributed by atoms with Gasteiger partial charge in [0.25, 0.3) is 0 Å². The molecule has 192 valence electrons. The zero-order valence-corrected chi connectivity index (χ0v) is 19.4. The van der Waals surface area contributed by atoms with Crippen LogP contribution in [0.2, 0.25) is 0 Å². The van der Waals surface area contributed by atoms with Crippen molar-refractivity contribution in [3.63, 3.8) is 0 Å². The van der Waals surface area contributed by atoms with Gasteiger partial charge in [0, 0.05) is 25.2 Å². The molecule has 5 rings (SSSR count). The molecule has 2 aliphatic rings. The first-order chi connectivity index (χ1) is 17.8. The van der Waals surface area contributed by atoms with Gasteiger partial charge in [-0.25, -0.2) is 29.3 Å². The normalized spacial score (nSPS) is 24.8. The van der Waals surface area contributed by atoms with E-state index in [0.717, 1.165) is 0 Å². The van der Waals surface area contributed by atoms with E-state index >= 15 is 0 Å². The maximum atomic E-state index is 12.8. The molecule has 0 bridgehead atoms. The van der Waals surface area contributed by atoms with Crippen molar-refractivity contribution in [3.05, 3.63) is 43.0 Å². The van der Waals surface area contributed by atoms with Gasteiger partial charge in [0.15, 0.2) is 23.2 Å². The van der Waals surface area contributed by atoms with Crippen molar-refractivity contribution < 1.29 is 33.8 Å². The molecule has 3 aromatic rings. The van der Waals surface area contributed by atoms with E-state index in [1.165, 1.54) is 24.3 Å². The van der Waals surface area contributed by atoms with Crippen LogP contribution in [0.25, 0.3) is 11.2 Å². The quantitative estimate of drug-likeness (QED) is 0.232. The molecule has 0 unspecified atom stereocenters. The summed E-state index contributed by atoms with van der Waals surface area (Å²) in [7, 11) is 1.43. The van der Waals surface area contributed by atoms with Crippen molar-refractivity contribution in [2.45, 2.75) is 24.4 Å². The van der Waals surface area contributed by atoms with E-state index in [4.69, 9.17) is 9.47 Å². The van der Waals surface area contributed by atoms with Crippen molar-refractivity contribution in [3.8, 4) is 0 Å². The van der Waals surface area contributed by atoms with Gasteiger partial charge in [-0.1, -0.05) is 18.2 Å². The number of benzene rings is 1. The number of anilines is 2. The smallest absolute Gasteiger partial charge is 0.351 e. The van der Waals surface area contributed by atoms with E-state index in [1.54, 1.807) is 24.3 Å². The number of esters is 2. The first kappa shape index (κ1) is 24.1. The number of fused-ring (bicyclic) bond motifs is 2. The minimum Gasteiger partial charge on any atom is -0.391 e. The van der Waals surface area contributed by atoms with E-state index in [-0.39, 0.29) is 29.9 Å². The summed E-state index contributed by atoms with van der Waals surface area (Å²) < 4.78 is 12.0. The number of cyclic esters (lactones) is 2. The fraction of sp³-hybridized carbons (Fsp3) is 0.318. The highest BCUT2D eigenvalue weighted by atomic mass is 16.6. The fourth-order valence-corrected chi connectivity index (χ4v) is 4.43. The largest absolute Gasteiger partial charge is 0.391 e. The topological polar surface area (TPSA) is 199 Å². The van der Waals surface area contributed by atoms with Gasteiger partial charge in [-0.3, -0.25) is 14.7 Å². The number of ether oxygens (including phenoxy) is 2. The number of nitrogens with one attached hydrogen (secondary N) is 4. The monoisotopic (exact) mass is 510 g/mol. The third kappa shape index (κ3) is 4.30. The van der Waals surface area contributed by atoms with Gasteiger partial charge >= 0.3 is 24.0 Å². The van der Waals surface area contributed by atoms with Crippen molar-refractivity contribution in [2.24, 2.45) is 5.92 Å². The zero-order valence-electron chi connectivity index (χ0n) is 19.4. The molecule has 1 aromatic carbocycles. The van der Waals surface area contributed by atoms with E-state index in [1.807, 2.05) is 6.07 Å². The van der Waals surface area contributed by atoms with Gasteiger partial charge in [-0.15, -0.1) is 0 Å². The molecular weight excluding hydrogens is 488 g/mol. The molecule has 0 spiro atoms. The highest BCUT2D eigenvalue weighted by Gasteiger charge is 2.65. The van der Waals surface area contributed by atoms with Crippen LogP contribution in [0.3, 0.4) is 0 Å². The number of carbonyl (C=O) groups excluding carboxylic acids is 4. The van der Waals surface area contributed by atoms with Crippen LogP contribution in [0, 0.1) is 5.92 Å². The van der Waals surface area contributed by atoms with Crippen LogP contribution in [0.4, 0.5) is 21.1 Å². The molecule has 2 saturated heterocycles. The summed E-state index contributed by atoms with van der Waals surface area (Å²) in [5, 5.41) is 21.7. The lowest BCUT2D eigenvalue weighted by atomic mass is 9.80. The Hall–Kier alpha value is -4.63. The fourth-order valence-electron chi connectivity index (χ4n) is 4.43. The summed E-state index contributed by atoms with van der Waals surface area (Å²) in [5.41, 5.74) is -1.43. The van der Waals surface area contributed by atoms with Crippen molar-refractivity contribution in [1.82, 2.24) is 30.2 Å². The number of para-hydroxylation sites is 1. The Kier molecular flexibility index (Phi) is 6.14. The summed E-state index contributed by atoms with van der Waals surface area (Å²) in [5.74, 6) is -2.95. The van der Waals surface area contributed by atoms with E-state index in [9.17, 15) is 24.3 Å². The predicted octanol–water partition coefficient (Wildman–Crippen LogP) is 0.117. The molecule has 15 heteroatoms. The van der Waals surface area contributed by atoms with Crippen LogP contribution < -0.4 is 21.3 Å². The highest BCUT2D eigenvalue weighted by molar-refractivity contribution is 6.03. The minimum absolute atomic E-state index is 0.0675. The summed E-state index contributed by atoms with van der Waals surface area (Å²) in [6, 6.07) is 7.67. The number of imidazole rings is 1. The van der Waals surface area contributed by atoms with Gasteiger partial charge in [0.05, 0.1) is 18.9 Å². The van der Waals surface area contributed by atoms with Gasteiger partial charge in [-0.05, 0) is 12.1 Å². The lowest BCUT2D eigenvalue weighted by Crippen LogP contribution is -2.56. The Labute approximate surface area is 208 Å². The molecule has 0 aliphatic carbocycles. The number of aromatic nitrogens is 4. The average Bonchev–Trinajstić information content (AvgIpc) is 3.43. The molecule has 2 aliphatic heterocycles. The van der Waals surface area contributed by atoms with Gasteiger partial charge in [0.2, 0.25) is 5.60 Å². The van der Waals surface area contributed by atoms with Gasteiger partial charge in [0.1, 0.15) is 6.33 Å². The van der Waals surface area contributed by atoms with Crippen LogP contribution in [-0.4, -0.2) is 73.9 Å². The Morgan fingerprint density at radius 3 is 2.68 bits per heavy atom. The van der Waals surface area contributed by atoms with Crippen LogP contribution in [-0.2, 0) is 19.1 Å². The number of aliphatic hydroxyl groups is 1. The summed E-state index contributed by atoms with van der Waals surface area (Å²) in [4.78, 5) is 61.4. The summed E-state index contributed by atoms with van der Waals surface area (Å²) >= 11 is 0. The second-order valence-electron chi connectivity index (χ2n) is 8.38. The van der Waals surface area contributed by atoms with Crippen LogP contribution in [0.1, 0.15) is 12.6 Å². The molecule has 15 nitrogen and oxygen atoms in total. The molecule has 2 fully saturated rings. The third-order valence-electron chi connectivity index (χ3n) is 6.18. The van der Waals surface area contributed by atoms with E-state index < -0.39 is 47.9 Å². The van der Waals surface area contributed by atoms with Crippen molar-refractivity contribution in [2.75, 3.05) is 24.2 Å². The third-order valence-corrected chi connectivity index (χ3v) is 6.18. The minimum atomic E-state index is -2.28. The first-order valence-corrected chi connectivity index (χ1v) is 11.2. The Morgan fingerprint density at radius 2 is 1.92 bits per heavy atom. The molecule has 0 saturated carbocycles. The number of rotatable bonds is 5. The Balaban J connectivity index is 1.45.